The van der Waals surface area contributed by atoms with E-state index in [1.807, 2.05) is 11.8 Å². The van der Waals surface area contributed by atoms with Crippen LogP contribution < -0.4 is 0 Å². The van der Waals surface area contributed by atoms with Crippen molar-refractivity contribution < 1.29 is 14.4 Å². The lowest BCUT2D eigenvalue weighted by atomic mass is 9.98. The van der Waals surface area contributed by atoms with Crippen LogP contribution >= 0.6 is 0 Å². The summed E-state index contributed by atoms with van der Waals surface area (Å²) in [5, 5.41) is 3.89. The molecule has 1 atom stereocenters. The number of carbonyl (C=O) groups excluding carboxylic acids is 2. The lowest BCUT2D eigenvalue weighted by molar-refractivity contribution is -0.155. The molecule has 0 saturated carbocycles. The number of likely N-dealkylation sites (N-methyl/N-ethyl adjacent to an activating group) is 1. The van der Waals surface area contributed by atoms with Gasteiger partial charge in [-0.2, -0.15) is 0 Å². The van der Waals surface area contributed by atoms with Gasteiger partial charge in [0.25, 0.3) is 5.91 Å². The highest BCUT2D eigenvalue weighted by molar-refractivity contribution is 5.94. The molecule has 0 aromatic rings. The summed E-state index contributed by atoms with van der Waals surface area (Å²) in [6, 6.07) is 0. The fourth-order valence-electron chi connectivity index (χ4n) is 2.62. The first-order valence-corrected chi connectivity index (χ1v) is 7.25. The van der Waals surface area contributed by atoms with Crippen molar-refractivity contribution in [3.05, 3.63) is 0 Å². The van der Waals surface area contributed by atoms with Crippen LogP contribution in [0, 0.1) is 0 Å². The zero-order chi connectivity index (χ0) is 15.6. The zero-order valence-electron chi connectivity index (χ0n) is 13.3. The smallest absolute Gasteiger partial charge is 0.269 e. The minimum absolute atomic E-state index is 0.0123. The topological polar surface area (TPSA) is 65.5 Å². The Morgan fingerprint density at radius 2 is 1.90 bits per heavy atom. The lowest BCUT2D eigenvalue weighted by Crippen LogP contribution is -2.56. The van der Waals surface area contributed by atoms with E-state index in [0.29, 0.717) is 39.1 Å². The van der Waals surface area contributed by atoms with Gasteiger partial charge in [-0.3, -0.25) is 14.5 Å². The van der Waals surface area contributed by atoms with E-state index in [1.54, 1.807) is 25.9 Å². The van der Waals surface area contributed by atoms with Crippen molar-refractivity contribution in [3.8, 4) is 0 Å². The molecule has 0 spiro atoms. The predicted molar refractivity (Wildman–Crippen MR) is 78.9 cm³/mol. The summed E-state index contributed by atoms with van der Waals surface area (Å²) in [7, 11) is 3.51. The summed E-state index contributed by atoms with van der Waals surface area (Å²) in [6.45, 7) is 6.73. The molecule has 2 aliphatic heterocycles. The fourth-order valence-corrected chi connectivity index (χ4v) is 2.62. The van der Waals surface area contributed by atoms with Crippen LogP contribution in [0.25, 0.3) is 0 Å². The van der Waals surface area contributed by atoms with E-state index < -0.39 is 5.60 Å². The standard InChI is InChI=1S/C14H24N4O3/c1-11-9-14(2,21-15-11)13(20)18-7-5-17(6-8-18)10-12(19)16(3)4/h5-10H2,1-4H3. The normalized spacial score (nSPS) is 26.3. The summed E-state index contributed by atoms with van der Waals surface area (Å²) in [5.41, 5.74) is -0.00724. The molecule has 1 unspecified atom stereocenters. The highest BCUT2D eigenvalue weighted by Gasteiger charge is 2.43. The predicted octanol–water partition coefficient (Wildman–Crippen LogP) is -0.226. The number of oxime groups is 1. The van der Waals surface area contributed by atoms with Gasteiger partial charge in [-0.25, -0.2) is 0 Å². The minimum atomic E-state index is -0.855. The maximum absolute atomic E-state index is 12.5. The fraction of sp³-hybridized carbons (Fsp3) is 0.786. The Balaban J connectivity index is 1.84. The number of piperazine rings is 1. The third kappa shape index (κ3) is 3.53. The Bertz CT molecular complexity index is 455. The minimum Gasteiger partial charge on any atom is -0.379 e. The molecule has 2 rings (SSSR count). The molecule has 0 radical (unpaired) electrons. The second kappa shape index (κ2) is 6.01. The SMILES string of the molecule is CC1=NOC(C)(C(=O)N2CCN(CC(=O)N(C)C)CC2)C1. The molecule has 1 fully saturated rings. The monoisotopic (exact) mass is 296 g/mol. The van der Waals surface area contributed by atoms with E-state index in [4.69, 9.17) is 4.84 Å². The van der Waals surface area contributed by atoms with E-state index in [9.17, 15) is 9.59 Å². The zero-order valence-corrected chi connectivity index (χ0v) is 13.3. The van der Waals surface area contributed by atoms with Gasteiger partial charge in [-0.1, -0.05) is 5.16 Å². The van der Waals surface area contributed by atoms with Gasteiger partial charge in [-0.15, -0.1) is 0 Å². The molecule has 2 aliphatic rings. The molecule has 0 N–H and O–H groups in total. The van der Waals surface area contributed by atoms with Gasteiger partial charge in [0.15, 0.2) is 0 Å². The molecule has 7 heteroatoms. The van der Waals surface area contributed by atoms with Crippen molar-refractivity contribution in [3.63, 3.8) is 0 Å². The summed E-state index contributed by atoms with van der Waals surface area (Å²) in [4.78, 5) is 35.0. The molecule has 0 aromatic carbocycles. The molecular formula is C14H24N4O3. The first-order valence-electron chi connectivity index (χ1n) is 7.25. The Morgan fingerprint density at radius 1 is 1.29 bits per heavy atom. The highest BCUT2D eigenvalue weighted by Crippen LogP contribution is 2.26. The Kier molecular flexibility index (Phi) is 4.51. The van der Waals surface area contributed by atoms with E-state index >= 15 is 0 Å². The van der Waals surface area contributed by atoms with Gasteiger partial charge in [0.05, 0.1) is 12.3 Å². The maximum Gasteiger partial charge on any atom is 0.269 e. The Hall–Kier alpha value is -1.63. The van der Waals surface area contributed by atoms with Crippen LogP contribution in [0.4, 0.5) is 0 Å². The van der Waals surface area contributed by atoms with E-state index in [0.717, 1.165) is 5.71 Å². The Morgan fingerprint density at radius 3 is 2.38 bits per heavy atom. The van der Waals surface area contributed by atoms with Crippen LogP contribution in [-0.4, -0.2) is 84.6 Å². The molecule has 21 heavy (non-hydrogen) atoms. The number of nitrogens with zero attached hydrogens (tertiary/aromatic N) is 4. The largest absolute Gasteiger partial charge is 0.379 e. The highest BCUT2D eigenvalue weighted by atomic mass is 16.7. The molecule has 1 saturated heterocycles. The van der Waals surface area contributed by atoms with Gasteiger partial charge < -0.3 is 14.6 Å². The summed E-state index contributed by atoms with van der Waals surface area (Å²) in [6.07, 6.45) is 0.547. The van der Waals surface area contributed by atoms with E-state index in [-0.39, 0.29) is 11.8 Å². The van der Waals surface area contributed by atoms with Crippen LogP contribution in [0.15, 0.2) is 5.16 Å². The van der Waals surface area contributed by atoms with Crippen LogP contribution in [0.2, 0.25) is 0 Å². The van der Waals surface area contributed by atoms with Gasteiger partial charge in [-0.05, 0) is 13.8 Å². The number of carbonyl (C=O) groups is 2. The first kappa shape index (κ1) is 15.8. The molecule has 118 valence electrons. The molecule has 0 aliphatic carbocycles. The van der Waals surface area contributed by atoms with Crippen LogP contribution in [-0.2, 0) is 14.4 Å². The average molecular weight is 296 g/mol. The third-order valence-electron chi connectivity index (χ3n) is 3.97. The van der Waals surface area contributed by atoms with Crippen LogP contribution in [0.5, 0.6) is 0 Å². The first-order chi connectivity index (χ1) is 9.82. The van der Waals surface area contributed by atoms with Crippen LogP contribution in [0.1, 0.15) is 20.3 Å². The number of hydrogen-bond acceptors (Lipinski definition) is 5. The lowest BCUT2D eigenvalue weighted by Gasteiger charge is -2.37. The van der Waals surface area contributed by atoms with Crippen molar-refractivity contribution in [2.45, 2.75) is 25.9 Å². The maximum atomic E-state index is 12.5. The van der Waals surface area contributed by atoms with Crippen molar-refractivity contribution in [1.82, 2.24) is 14.7 Å². The third-order valence-corrected chi connectivity index (χ3v) is 3.97. The molecule has 2 amide bonds. The average Bonchev–Trinajstić information content (AvgIpc) is 2.79. The number of hydrogen-bond donors (Lipinski definition) is 0. The van der Waals surface area contributed by atoms with Crippen molar-refractivity contribution >= 4 is 17.5 Å². The number of amides is 2. The van der Waals surface area contributed by atoms with E-state index in [2.05, 4.69) is 10.1 Å². The van der Waals surface area contributed by atoms with Crippen molar-refractivity contribution in [2.75, 3.05) is 46.8 Å². The summed E-state index contributed by atoms with van der Waals surface area (Å²) < 4.78 is 0. The van der Waals surface area contributed by atoms with Gasteiger partial charge in [0.1, 0.15) is 0 Å². The quantitative estimate of drug-likeness (QED) is 0.722. The molecular weight excluding hydrogens is 272 g/mol. The van der Waals surface area contributed by atoms with Gasteiger partial charge >= 0.3 is 0 Å². The van der Waals surface area contributed by atoms with Crippen molar-refractivity contribution in [1.29, 1.82) is 0 Å². The molecule has 2 heterocycles. The van der Waals surface area contributed by atoms with Crippen molar-refractivity contribution in [2.24, 2.45) is 5.16 Å². The summed E-state index contributed by atoms with van der Waals surface area (Å²) in [5.74, 6) is 0.0755. The number of rotatable bonds is 3. The molecule has 7 nitrogen and oxygen atoms in total. The Labute approximate surface area is 125 Å². The molecule has 0 aromatic heterocycles. The van der Waals surface area contributed by atoms with E-state index in [1.165, 1.54) is 0 Å². The van der Waals surface area contributed by atoms with Gasteiger partial charge in [0, 0.05) is 46.7 Å². The second-order valence-corrected chi connectivity index (χ2v) is 6.18. The summed E-state index contributed by atoms with van der Waals surface area (Å²) >= 11 is 0. The van der Waals surface area contributed by atoms with Crippen LogP contribution in [0.3, 0.4) is 0 Å². The van der Waals surface area contributed by atoms with Gasteiger partial charge in [0.2, 0.25) is 11.5 Å². The molecule has 0 bridgehead atoms. The second-order valence-electron chi connectivity index (χ2n) is 6.18.